The standard InChI is InChI=1S/C18H26N4O3/c1-15(18-19-17(20-25-18)16-5-3-2-4-6-16)22-9-7-21(8-10-22)11-13-24-14-12-23/h2-6,15,23H,7-14H2,1H3. The highest BCUT2D eigenvalue weighted by molar-refractivity contribution is 5.53. The van der Waals surface area contributed by atoms with Crippen molar-refractivity contribution in [3.8, 4) is 11.4 Å². The Morgan fingerprint density at radius 1 is 1.16 bits per heavy atom. The lowest BCUT2D eigenvalue weighted by molar-refractivity contribution is 0.0463. The van der Waals surface area contributed by atoms with Crippen LogP contribution in [0.4, 0.5) is 0 Å². The Morgan fingerprint density at radius 2 is 1.92 bits per heavy atom. The first-order chi connectivity index (χ1) is 12.3. The Kier molecular flexibility index (Phi) is 6.52. The molecule has 1 aromatic carbocycles. The first-order valence-electron chi connectivity index (χ1n) is 8.82. The number of hydrogen-bond donors (Lipinski definition) is 1. The third-order valence-corrected chi connectivity index (χ3v) is 4.57. The van der Waals surface area contributed by atoms with Crippen LogP contribution in [0.2, 0.25) is 0 Å². The van der Waals surface area contributed by atoms with Crippen molar-refractivity contribution < 1.29 is 14.4 Å². The van der Waals surface area contributed by atoms with Gasteiger partial charge >= 0.3 is 0 Å². The third kappa shape index (κ3) is 4.85. The number of aromatic nitrogens is 2. The molecule has 3 rings (SSSR count). The topological polar surface area (TPSA) is 74.9 Å². The van der Waals surface area contributed by atoms with Crippen LogP contribution in [0.3, 0.4) is 0 Å². The summed E-state index contributed by atoms with van der Waals surface area (Å²) >= 11 is 0. The summed E-state index contributed by atoms with van der Waals surface area (Å²) in [5.41, 5.74) is 0.970. The summed E-state index contributed by atoms with van der Waals surface area (Å²) in [6.07, 6.45) is 0. The lowest BCUT2D eigenvalue weighted by Gasteiger charge is -2.36. The number of benzene rings is 1. The summed E-state index contributed by atoms with van der Waals surface area (Å²) in [5.74, 6) is 1.31. The first-order valence-corrected chi connectivity index (χ1v) is 8.82. The summed E-state index contributed by atoms with van der Waals surface area (Å²) in [6, 6.07) is 9.99. The van der Waals surface area contributed by atoms with Crippen molar-refractivity contribution in [1.29, 1.82) is 0 Å². The van der Waals surface area contributed by atoms with Gasteiger partial charge in [0.2, 0.25) is 11.7 Å². The summed E-state index contributed by atoms with van der Waals surface area (Å²) < 4.78 is 10.8. The Bertz CT molecular complexity index is 626. The van der Waals surface area contributed by atoms with Crippen molar-refractivity contribution >= 4 is 0 Å². The van der Waals surface area contributed by atoms with Gasteiger partial charge in [-0.15, -0.1) is 0 Å². The summed E-state index contributed by atoms with van der Waals surface area (Å²) in [4.78, 5) is 9.32. The van der Waals surface area contributed by atoms with E-state index in [1.165, 1.54) is 0 Å². The molecule has 25 heavy (non-hydrogen) atoms. The highest BCUT2D eigenvalue weighted by Crippen LogP contribution is 2.23. The number of piperazine rings is 1. The van der Waals surface area contributed by atoms with Crippen LogP contribution < -0.4 is 0 Å². The SMILES string of the molecule is CC(c1nc(-c2ccccc2)no1)N1CCN(CCOCCO)CC1. The minimum Gasteiger partial charge on any atom is -0.394 e. The maximum Gasteiger partial charge on any atom is 0.244 e. The largest absolute Gasteiger partial charge is 0.394 e. The Morgan fingerprint density at radius 3 is 2.64 bits per heavy atom. The molecule has 1 saturated heterocycles. The van der Waals surface area contributed by atoms with E-state index in [1.807, 2.05) is 30.3 Å². The van der Waals surface area contributed by atoms with Gasteiger partial charge in [-0.2, -0.15) is 4.98 Å². The molecule has 2 heterocycles. The fourth-order valence-corrected chi connectivity index (χ4v) is 3.00. The van der Waals surface area contributed by atoms with Gasteiger partial charge in [0.15, 0.2) is 0 Å². The molecule has 0 radical (unpaired) electrons. The minimum absolute atomic E-state index is 0.0838. The molecule has 0 saturated carbocycles. The maximum absolute atomic E-state index is 8.72. The van der Waals surface area contributed by atoms with E-state index >= 15 is 0 Å². The molecule has 7 heteroatoms. The van der Waals surface area contributed by atoms with Crippen LogP contribution in [0.1, 0.15) is 18.9 Å². The molecule has 1 unspecified atom stereocenters. The maximum atomic E-state index is 8.72. The second-order valence-electron chi connectivity index (χ2n) is 6.21. The van der Waals surface area contributed by atoms with E-state index in [4.69, 9.17) is 14.4 Å². The average molecular weight is 346 g/mol. The van der Waals surface area contributed by atoms with Gasteiger partial charge < -0.3 is 14.4 Å². The number of aliphatic hydroxyl groups excluding tert-OH is 1. The Balaban J connectivity index is 1.49. The fourth-order valence-electron chi connectivity index (χ4n) is 3.00. The zero-order chi connectivity index (χ0) is 17.5. The van der Waals surface area contributed by atoms with E-state index in [1.54, 1.807) is 0 Å². The number of hydrogen-bond acceptors (Lipinski definition) is 7. The predicted molar refractivity (Wildman–Crippen MR) is 94.1 cm³/mol. The van der Waals surface area contributed by atoms with Crippen LogP contribution in [-0.2, 0) is 4.74 Å². The van der Waals surface area contributed by atoms with E-state index < -0.39 is 0 Å². The molecule has 0 aliphatic carbocycles. The van der Waals surface area contributed by atoms with Gasteiger partial charge in [-0.3, -0.25) is 9.80 Å². The molecule has 0 amide bonds. The lowest BCUT2D eigenvalue weighted by Crippen LogP contribution is -2.48. The van der Waals surface area contributed by atoms with Crippen molar-refractivity contribution in [1.82, 2.24) is 19.9 Å². The molecule has 0 spiro atoms. The molecule has 1 N–H and O–H groups in total. The number of aliphatic hydroxyl groups is 1. The van der Waals surface area contributed by atoms with Gasteiger partial charge in [0, 0.05) is 38.3 Å². The van der Waals surface area contributed by atoms with E-state index in [2.05, 4.69) is 26.9 Å². The predicted octanol–water partition coefficient (Wildman–Crippen LogP) is 1.42. The smallest absolute Gasteiger partial charge is 0.244 e. The second-order valence-corrected chi connectivity index (χ2v) is 6.21. The quantitative estimate of drug-likeness (QED) is 0.725. The molecular weight excluding hydrogens is 320 g/mol. The first kappa shape index (κ1) is 18.0. The zero-order valence-electron chi connectivity index (χ0n) is 14.7. The molecule has 2 aromatic rings. The van der Waals surface area contributed by atoms with Gasteiger partial charge in [0.25, 0.3) is 0 Å². The molecular formula is C18H26N4O3. The molecule has 136 valence electrons. The number of rotatable bonds is 8. The summed E-state index contributed by atoms with van der Waals surface area (Å²) in [5, 5.41) is 12.8. The summed E-state index contributed by atoms with van der Waals surface area (Å²) in [6.45, 7) is 8.09. The Labute approximate surface area is 148 Å². The van der Waals surface area contributed by atoms with Crippen molar-refractivity contribution in [3.63, 3.8) is 0 Å². The van der Waals surface area contributed by atoms with Crippen molar-refractivity contribution in [2.75, 3.05) is 52.5 Å². The number of nitrogens with zero attached hydrogens (tertiary/aromatic N) is 4. The van der Waals surface area contributed by atoms with Crippen molar-refractivity contribution in [2.45, 2.75) is 13.0 Å². The minimum atomic E-state index is 0.0838. The summed E-state index contributed by atoms with van der Waals surface area (Å²) in [7, 11) is 0. The molecule has 1 aromatic heterocycles. The second kappa shape index (κ2) is 9.05. The average Bonchev–Trinajstić information content (AvgIpc) is 3.16. The molecule has 1 aliphatic rings. The molecule has 1 atom stereocenters. The monoisotopic (exact) mass is 346 g/mol. The van der Waals surface area contributed by atoms with E-state index in [9.17, 15) is 0 Å². The molecule has 7 nitrogen and oxygen atoms in total. The van der Waals surface area contributed by atoms with E-state index in [-0.39, 0.29) is 12.6 Å². The van der Waals surface area contributed by atoms with E-state index in [0.717, 1.165) is 38.3 Å². The third-order valence-electron chi connectivity index (χ3n) is 4.57. The van der Waals surface area contributed by atoms with Crippen LogP contribution in [0.15, 0.2) is 34.9 Å². The highest BCUT2D eigenvalue weighted by atomic mass is 16.5. The van der Waals surface area contributed by atoms with Crippen LogP contribution >= 0.6 is 0 Å². The van der Waals surface area contributed by atoms with Gasteiger partial charge in [0.1, 0.15) is 0 Å². The van der Waals surface area contributed by atoms with Gasteiger partial charge in [-0.05, 0) is 6.92 Å². The van der Waals surface area contributed by atoms with Gasteiger partial charge in [0.05, 0.1) is 25.9 Å². The van der Waals surface area contributed by atoms with Crippen LogP contribution in [-0.4, -0.2) is 77.6 Å². The molecule has 1 fully saturated rings. The van der Waals surface area contributed by atoms with Crippen LogP contribution in [0.25, 0.3) is 11.4 Å². The normalized spacial score (nSPS) is 17.7. The van der Waals surface area contributed by atoms with Gasteiger partial charge in [-0.1, -0.05) is 35.5 Å². The highest BCUT2D eigenvalue weighted by Gasteiger charge is 2.25. The van der Waals surface area contributed by atoms with Gasteiger partial charge in [-0.25, -0.2) is 0 Å². The molecule has 0 bridgehead atoms. The molecule has 1 aliphatic heterocycles. The zero-order valence-corrected chi connectivity index (χ0v) is 14.7. The van der Waals surface area contributed by atoms with Crippen molar-refractivity contribution in [2.24, 2.45) is 0 Å². The number of ether oxygens (including phenoxy) is 1. The van der Waals surface area contributed by atoms with Crippen molar-refractivity contribution in [3.05, 3.63) is 36.2 Å². The van der Waals surface area contributed by atoms with Crippen LogP contribution in [0.5, 0.6) is 0 Å². The van der Waals surface area contributed by atoms with Crippen LogP contribution in [0, 0.1) is 0 Å². The lowest BCUT2D eigenvalue weighted by atomic mass is 10.2. The van der Waals surface area contributed by atoms with E-state index in [0.29, 0.717) is 24.9 Å². The Hall–Kier alpha value is -1.80. The fraction of sp³-hybridized carbons (Fsp3) is 0.556.